The van der Waals surface area contributed by atoms with Crippen LogP contribution < -0.4 is 4.90 Å². The van der Waals surface area contributed by atoms with Gasteiger partial charge in [0.05, 0.1) is 0 Å². The van der Waals surface area contributed by atoms with Gasteiger partial charge in [-0.25, -0.2) is 4.98 Å². The molecule has 5 nitrogen and oxygen atoms in total. The van der Waals surface area contributed by atoms with Gasteiger partial charge in [0.2, 0.25) is 5.65 Å². The number of anilines is 1. The summed E-state index contributed by atoms with van der Waals surface area (Å²) < 4.78 is 1.92. The second-order valence-corrected chi connectivity index (χ2v) is 5.07. The van der Waals surface area contributed by atoms with E-state index in [2.05, 4.69) is 36.0 Å². The van der Waals surface area contributed by atoms with Crippen LogP contribution >= 0.6 is 15.9 Å². The molecule has 0 bridgehead atoms. The van der Waals surface area contributed by atoms with Crippen LogP contribution in [0.1, 0.15) is 12.8 Å². The van der Waals surface area contributed by atoms with E-state index < -0.39 is 0 Å². The van der Waals surface area contributed by atoms with Crippen LogP contribution in [-0.4, -0.2) is 38.0 Å². The second-order valence-electron chi connectivity index (χ2n) is 4.42. The Morgan fingerprint density at radius 1 is 1.47 bits per heavy atom. The number of piperidine rings is 1. The Bertz CT molecular complexity index is 511. The third kappa shape index (κ3) is 2.01. The lowest BCUT2D eigenvalue weighted by Crippen LogP contribution is -2.36. The number of nitrogens with zero attached hydrogens (tertiary/aromatic N) is 5. The summed E-state index contributed by atoms with van der Waals surface area (Å²) in [7, 11) is 0. The van der Waals surface area contributed by atoms with E-state index in [1.807, 2.05) is 16.8 Å². The summed E-state index contributed by atoms with van der Waals surface area (Å²) in [4.78, 5) is 6.78. The minimum atomic E-state index is 0.703. The van der Waals surface area contributed by atoms with Gasteiger partial charge in [-0.3, -0.25) is 4.40 Å². The van der Waals surface area contributed by atoms with Crippen molar-refractivity contribution in [2.24, 2.45) is 5.92 Å². The molecular formula is C11H14BrN5. The van der Waals surface area contributed by atoms with E-state index >= 15 is 0 Å². The number of rotatable bonds is 2. The second kappa shape index (κ2) is 4.60. The lowest BCUT2D eigenvalue weighted by atomic mass is 10.0. The number of alkyl halides is 1. The molecule has 0 spiro atoms. The van der Waals surface area contributed by atoms with Gasteiger partial charge in [-0.15, -0.1) is 10.2 Å². The largest absolute Gasteiger partial charge is 0.353 e. The van der Waals surface area contributed by atoms with Crippen molar-refractivity contribution in [3.05, 3.63) is 18.7 Å². The Morgan fingerprint density at radius 3 is 3.29 bits per heavy atom. The first kappa shape index (κ1) is 11.0. The number of hydrogen-bond acceptors (Lipinski definition) is 4. The SMILES string of the molecule is BrCC1CCCN(c2nccn3cnnc23)C1. The van der Waals surface area contributed by atoms with Crippen molar-refractivity contribution in [3.8, 4) is 0 Å². The topological polar surface area (TPSA) is 46.3 Å². The van der Waals surface area contributed by atoms with E-state index in [1.54, 1.807) is 6.33 Å². The van der Waals surface area contributed by atoms with E-state index in [-0.39, 0.29) is 0 Å². The quantitative estimate of drug-likeness (QED) is 0.792. The molecule has 2 aromatic heterocycles. The predicted octanol–water partition coefficient (Wildman–Crippen LogP) is 1.74. The molecule has 0 saturated carbocycles. The molecule has 1 fully saturated rings. The van der Waals surface area contributed by atoms with Crippen LogP contribution in [-0.2, 0) is 0 Å². The molecule has 1 aliphatic heterocycles. The van der Waals surface area contributed by atoms with Gasteiger partial charge in [0.1, 0.15) is 6.33 Å². The van der Waals surface area contributed by atoms with Crippen LogP contribution in [0.2, 0.25) is 0 Å². The van der Waals surface area contributed by atoms with Crippen molar-refractivity contribution in [1.29, 1.82) is 0 Å². The van der Waals surface area contributed by atoms with Crippen LogP contribution in [0.15, 0.2) is 18.7 Å². The highest BCUT2D eigenvalue weighted by atomic mass is 79.9. The maximum Gasteiger partial charge on any atom is 0.203 e. The van der Waals surface area contributed by atoms with Crippen LogP contribution in [0.4, 0.5) is 5.82 Å². The van der Waals surface area contributed by atoms with Crippen LogP contribution in [0.25, 0.3) is 5.65 Å². The predicted molar refractivity (Wildman–Crippen MR) is 69.5 cm³/mol. The summed E-state index contributed by atoms with van der Waals surface area (Å²) in [5, 5.41) is 9.13. The monoisotopic (exact) mass is 295 g/mol. The van der Waals surface area contributed by atoms with Crippen molar-refractivity contribution >= 4 is 27.4 Å². The molecule has 3 rings (SSSR count). The van der Waals surface area contributed by atoms with E-state index in [0.29, 0.717) is 5.92 Å². The molecule has 0 radical (unpaired) electrons. The molecule has 0 N–H and O–H groups in total. The molecule has 90 valence electrons. The first-order chi connectivity index (χ1) is 8.38. The van der Waals surface area contributed by atoms with Gasteiger partial charge >= 0.3 is 0 Å². The maximum atomic E-state index is 4.46. The smallest absolute Gasteiger partial charge is 0.203 e. The molecule has 17 heavy (non-hydrogen) atoms. The van der Waals surface area contributed by atoms with Crippen LogP contribution in [0, 0.1) is 5.92 Å². The molecule has 0 amide bonds. The van der Waals surface area contributed by atoms with Crippen molar-refractivity contribution in [2.45, 2.75) is 12.8 Å². The summed E-state index contributed by atoms with van der Waals surface area (Å²) in [6, 6.07) is 0. The Morgan fingerprint density at radius 2 is 2.41 bits per heavy atom. The van der Waals surface area contributed by atoms with Crippen molar-refractivity contribution in [2.75, 3.05) is 23.3 Å². The van der Waals surface area contributed by atoms with E-state index in [1.165, 1.54) is 12.8 Å². The van der Waals surface area contributed by atoms with Gasteiger partial charge in [0.15, 0.2) is 5.82 Å². The maximum absolute atomic E-state index is 4.46. The standard InChI is InChI=1S/C11H14BrN5/c12-6-9-2-1-4-16(7-9)10-11-15-14-8-17(11)5-3-13-10/h3,5,8-9H,1-2,4,6-7H2. The fourth-order valence-electron chi connectivity index (χ4n) is 2.35. The van der Waals surface area contributed by atoms with Gasteiger partial charge in [-0.2, -0.15) is 0 Å². The zero-order chi connectivity index (χ0) is 11.7. The Balaban J connectivity index is 1.94. The van der Waals surface area contributed by atoms with Crippen LogP contribution in [0.5, 0.6) is 0 Å². The van der Waals surface area contributed by atoms with Gasteiger partial charge in [0, 0.05) is 30.8 Å². The van der Waals surface area contributed by atoms with E-state index in [9.17, 15) is 0 Å². The fourth-order valence-corrected chi connectivity index (χ4v) is 2.88. The summed E-state index contributed by atoms with van der Waals surface area (Å²) in [5.41, 5.74) is 0.850. The highest BCUT2D eigenvalue weighted by Crippen LogP contribution is 2.24. The molecule has 0 aliphatic carbocycles. The van der Waals surface area contributed by atoms with Gasteiger partial charge in [-0.05, 0) is 18.8 Å². The molecule has 3 heterocycles. The lowest BCUT2D eigenvalue weighted by Gasteiger charge is -2.32. The summed E-state index contributed by atoms with van der Waals surface area (Å²) >= 11 is 3.57. The Kier molecular flexibility index (Phi) is 2.96. The molecule has 0 aromatic carbocycles. The van der Waals surface area contributed by atoms with Gasteiger partial charge in [-0.1, -0.05) is 15.9 Å². The summed E-state index contributed by atoms with van der Waals surface area (Å²) in [6.45, 7) is 2.10. The highest BCUT2D eigenvalue weighted by Gasteiger charge is 2.22. The number of aromatic nitrogens is 4. The first-order valence-corrected chi connectivity index (χ1v) is 6.96. The average molecular weight is 296 g/mol. The third-order valence-electron chi connectivity index (χ3n) is 3.23. The minimum Gasteiger partial charge on any atom is -0.353 e. The van der Waals surface area contributed by atoms with Crippen molar-refractivity contribution in [3.63, 3.8) is 0 Å². The highest BCUT2D eigenvalue weighted by molar-refractivity contribution is 9.09. The van der Waals surface area contributed by atoms with E-state index in [0.717, 1.165) is 29.9 Å². The average Bonchev–Trinajstić information content (AvgIpc) is 2.87. The van der Waals surface area contributed by atoms with Crippen molar-refractivity contribution < 1.29 is 0 Å². The fraction of sp³-hybridized carbons (Fsp3) is 0.545. The lowest BCUT2D eigenvalue weighted by molar-refractivity contribution is 0.453. The first-order valence-electron chi connectivity index (χ1n) is 5.84. The molecule has 2 aromatic rings. The zero-order valence-electron chi connectivity index (χ0n) is 9.46. The number of fused-ring (bicyclic) bond motifs is 1. The Hall–Kier alpha value is -1.17. The van der Waals surface area contributed by atoms with Crippen LogP contribution in [0.3, 0.4) is 0 Å². The molecule has 1 saturated heterocycles. The molecule has 1 atom stereocenters. The summed E-state index contributed by atoms with van der Waals surface area (Å²) in [5.74, 6) is 1.66. The van der Waals surface area contributed by atoms with Crippen molar-refractivity contribution in [1.82, 2.24) is 19.6 Å². The zero-order valence-corrected chi connectivity index (χ0v) is 11.0. The molecule has 1 unspecified atom stereocenters. The molecule has 6 heteroatoms. The molecular weight excluding hydrogens is 282 g/mol. The number of hydrogen-bond donors (Lipinski definition) is 0. The minimum absolute atomic E-state index is 0.703. The van der Waals surface area contributed by atoms with E-state index in [4.69, 9.17) is 0 Å². The number of halogens is 1. The third-order valence-corrected chi connectivity index (χ3v) is 4.15. The normalized spacial score (nSPS) is 21.0. The Labute approximate surface area is 108 Å². The van der Waals surface area contributed by atoms with Gasteiger partial charge < -0.3 is 4.90 Å². The molecule has 1 aliphatic rings. The van der Waals surface area contributed by atoms with Gasteiger partial charge in [0.25, 0.3) is 0 Å². The summed E-state index contributed by atoms with van der Waals surface area (Å²) in [6.07, 6.45) is 7.91.